The molecule has 1 aliphatic heterocycles. The molecule has 0 aromatic heterocycles. The highest BCUT2D eigenvalue weighted by Gasteiger charge is 2.35. The van der Waals surface area contributed by atoms with Gasteiger partial charge in [-0.1, -0.05) is 48.7 Å². The summed E-state index contributed by atoms with van der Waals surface area (Å²) in [5, 5.41) is 4.72. The smallest absolute Gasteiger partial charge is 0.123 e. The Morgan fingerprint density at radius 1 is 1.07 bits per heavy atom. The molecule has 2 fully saturated rings. The van der Waals surface area contributed by atoms with E-state index >= 15 is 0 Å². The number of benzene rings is 2. The third kappa shape index (κ3) is 5.02. The Bertz CT molecular complexity index is 806. The van der Waals surface area contributed by atoms with E-state index in [2.05, 4.69) is 35.5 Å². The van der Waals surface area contributed by atoms with E-state index in [1.165, 1.54) is 55.5 Å². The van der Waals surface area contributed by atoms with Crippen molar-refractivity contribution in [1.29, 1.82) is 0 Å². The van der Waals surface area contributed by atoms with Gasteiger partial charge in [-0.2, -0.15) is 0 Å². The first-order valence-corrected chi connectivity index (χ1v) is 11.4. The van der Waals surface area contributed by atoms with Gasteiger partial charge in [0.1, 0.15) is 5.82 Å². The molecule has 0 spiro atoms. The van der Waals surface area contributed by atoms with Crippen LogP contribution in [-0.2, 0) is 18.5 Å². The summed E-state index contributed by atoms with van der Waals surface area (Å²) in [6.45, 7) is 3.18. The lowest BCUT2D eigenvalue weighted by Gasteiger charge is -2.32. The third-order valence-electron chi connectivity index (χ3n) is 6.94. The Morgan fingerprint density at radius 2 is 1.76 bits per heavy atom. The van der Waals surface area contributed by atoms with Crippen LogP contribution in [0.5, 0.6) is 0 Å². The highest BCUT2D eigenvalue weighted by Crippen LogP contribution is 2.39. The number of piperidine rings is 1. The van der Waals surface area contributed by atoms with Crippen molar-refractivity contribution in [3.8, 4) is 0 Å². The van der Waals surface area contributed by atoms with Gasteiger partial charge in [0.2, 0.25) is 0 Å². The van der Waals surface area contributed by atoms with E-state index in [0.717, 1.165) is 36.7 Å². The van der Waals surface area contributed by atoms with Crippen LogP contribution in [0, 0.1) is 11.7 Å². The summed E-state index contributed by atoms with van der Waals surface area (Å²) in [5.41, 5.74) is 3.73. The molecule has 0 amide bonds. The van der Waals surface area contributed by atoms with Crippen molar-refractivity contribution < 1.29 is 4.39 Å². The average Bonchev–Trinajstić information content (AvgIpc) is 3.21. The standard InChI is InChI=1S/C25H32ClFN2/c1-29-14-10-19(11-15-29)16-21-17-20(4-9-24(21)26)18-28-25(12-2-3-13-25)22-5-7-23(27)8-6-22/h4-9,17,19,28H,2-3,10-16,18H2,1H3. The van der Waals surface area contributed by atoms with Crippen molar-refractivity contribution in [1.82, 2.24) is 10.2 Å². The highest BCUT2D eigenvalue weighted by molar-refractivity contribution is 6.31. The van der Waals surface area contributed by atoms with Crippen LogP contribution in [-0.4, -0.2) is 25.0 Å². The maximum atomic E-state index is 13.4. The number of halogens is 2. The second-order valence-corrected chi connectivity index (χ2v) is 9.43. The zero-order valence-electron chi connectivity index (χ0n) is 17.4. The summed E-state index contributed by atoms with van der Waals surface area (Å²) in [4.78, 5) is 2.41. The minimum Gasteiger partial charge on any atom is -0.306 e. The maximum absolute atomic E-state index is 13.4. The summed E-state index contributed by atoms with van der Waals surface area (Å²) in [5.74, 6) is 0.561. The molecule has 0 unspecified atom stereocenters. The van der Waals surface area contributed by atoms with Gasteiger partial charge in [-0.15, -0.1) is 0 Å². The van der Waals surface area contributed by atoms with E-state index in [9.17, 15) is 4.39 Å². The van der Waals surface area contributed by atoms with Crippen molar-refractivity contribution in [3.05, 3.63) is 70.0 Å². The Balaban J connectivity index is 1.45. The van der Waals surface area contributed by atoms with E-state index in [1.54, 1.807) is 12.1 Å². The van der Waals surface area contributed by atoms with E-state index in [1.807, 2.05) is 12.1 Å². The van der Waals surface area contributed by atoms with E-state index in [-0.39, 0.29) is 11.4 Å². The van der Waals surface area contributed by atoms with Crippen molar-refractivity contribution >= 4 is 11.6 Å². The molecular formula is C25H32ClFN2. The predicted octanol–water partition coefficient (Wildman–Crippen LogP) is 5.92. The van der Waals surface area contributed by atoms with Crippen molar-refractivity contribution in [2.75, 3.05) is 20.1 Å². The molecule has 2 aromatic rings. The third-order valence-corrected chi connectivity index (χ3v) is 7.31. The van der Waals surface area contributed by atoms with Crippen LogP contribution in [0.15, 0.2) is 42.5 Å². The van der Waals surface area contributed by atoms with Gasteiger partial charge in [-0.3, -0.25) is 0 Å². The Hall–Kier alpha value is -1.42. The number of hydrogen-bond acceptors (Lipinski definition) is 2. The van der Waals surface area contributed by atoms with Gasteiger partial charge in [0.15, 0.2) is 0 Å². The fourth-order valence-electron chi connectivity index (χ4n) is 5.06. The summed E-state index contributed by atoms with van der Waals surface area (Å²) < 4.78 is 13.4. The molecule has 1 N–H and O–H groups in total. The van der Waals surface area contributed by atoms with Gasteiger partial charge < -0.3 is 10.2 Å². The molecule has 29 heavy (non-hydrogen) atoms. The zero-order chi connectivity index (χ0) is 20.3. The first kappa shape index (κ1) is 20.8. The SMILES string of the molecule is CN1CCC(Cc2cc(CNC3(c4ccc(F)cc4)CCCC3)ccc2Cl)CC1. The average molecular weight is 415 g/mol. The molecule has 2 aliphatic rings. The lowest BCUT2D eigenvalue weighted by Crippen LogP contribution is -2.39. The number of nitrogens with zero attached hydrogens (tertiary/aromatic N) is 1. The van der Waals surface area contributed by atoms with Crippen molar-refractivity contribution in [2.45, 2.75) is 57.0 Å². The molecule has 156 valence electrons. The Morgan fingerprint density at radius 3 is 2.45 bits per heavy atom. The normalized spacial score (nSPS) is 20.2. The molecule has 1 heterocycles. The predicted molar refractivity (Wildman–Crippen MR) is 119 cm³/mol. The van der Waals surface area contributed by atoms with Gasteiger partial charge in [-0.25, -0.2) is 4.39 Å². The lowest BCUT2D eigenvalue weighted by molar-refractivity contribution is 0.219. The Labute approximate surface area is 179 Å². The van der Waals surface area contributed by atoms with Crippen molar-refractivity contribution in [3.63, 3.8) is 0 Å². The van der Waals surface area contributed by atoms with E-state index in [0.29, 0.717) is 0 Å². The Kier molecular flexibility index (Phi) is 6.58. The molecule has 2 aromatic carbocycles. The quantitative estimate of drug-likeness (QED) is 0.630. The molecule has 1 aliphatic carbocycles. The van der Waals surface area contributed by atoms with Crippen LogP contribution in [0.1, 0.15) is 55.2 Å². The van der Waals surface area contributed by atoms with Crippen LogP contribution in [0.2, 0.25) is 5.02 Å². The molecule has 1 saturated carbocycles. The molecule has 2 nitrogen and oxygen atoms in total. The molecule has 0 bridgehead atoms. The monoisotopic (exact) mass is 414 g/mol. The fraction of sp³-hybridized carbons (Fsp3) is 0.520. The van der Waals surface area contributed by atoms with Gasteiger partial charge in [-0.05, 0) is 93.0 Å². The second kappa shape index (κ2) is 9.16. The van der Waals surface area contributed by atoms with E-state index in [4.69, 9.17) is 11.6 Å². The number of likely N-dealkylation sites (tertiary alicyclic amines) is 1. The van der Waals surface area contributed by atoms with Gasteiger partial charge in [0, 0.05) is 17.1 Å². The molecular weight excluding hydrogens is 383 g/mol. The number of hydrogen-bond donors (Lipinski definition) is 1. The van der Waals surface area contributed by atoms with Crippen LogP contribution >= 0.6 is 11.6 Å². The first-order valence-electron chi connectivity index (χ1n) is 11.0. The summed E-state index contributed by atoms with van der Waals surface area (Å²) >= 11 is 6.54. The minimum absolute atomic E-state index is 0.0402. The zero-order valence-corrected chi connectivity index (χ0v) is 18.1. The molecule has 4 heteroatoms. The van der Waals surface area contributed by atoms with Gasteiger partial charge in [0.05, 0.1) is 0 Å². The topological polar surface area (TPSA) is 15.3 Å². The van der Waals surface area contributed by atoms with Crippen LogP contribution in [0.4, 0.5) is 4.39 Å². The molecule has 0 radical (unpaired) electrons. The molecule has 4 rings (SSSR count). The first-order chi connectivity index (χ1) is 14.0. The minimum atomic E-state index is -0.168. The largest absolute Gasteiger partial charge is 0.306 e. The summed E-state index contributed by atoms with van der Waals surface area (Å²) in [6.07, 6.45) is 8.22. The second-order valence-electron chi connectivity index (χ2n) is 9.03. The van der Waals surface area contributed by atoms with Crippen LogP contribution in [0.3, 0.4) is 0 Å². The van der Waals surface area contributed by atoms with Gasteiger partial charge in [0.25, 0.3) is 0 Å². The van der Waals surface area contributed by atoms with Crippen LogP contribution in [0.25, 0.3) is 0 Å². The lowest BCUT2D eigenvalue weighted by atomic mass is 9.87. The maximum Gasteiger partial charge on any atom is 0.123 e. The fourth-order valence-corrected chi connectivity index (χ4v) is 5.25. The summed E-state index contributed by atoms with van der Waals surface area (Å²) in [6, 6.07) is 13.5. The molecule has 0 atom stereocenters. The summed E-state index contributed by atoms with van der Waals surface area (Å²) in [7, 11) is 2.20. The van der Waals surface area contributed by atoms with E-state index < -0.39 is 0 Å². The highest BCUT2D eigenvalue weighted by atomic mass is 35.5. The van der Waals surface area contributed by atoms with Crippen LogP contribution < -0.4 is 5.32 Å². The van der Waals surface area contributed by atoms with Gasteiger partial charge >= 0.3 is 0 Å². The number of rotatable bonds is 6. The number of nitrogens with one attached hydrogen (secondary N) is 1. The molecule has 1 saturated heterocycles. The van der Waals surface area contributed by atoms with Crippen molar-refractivity contribution in [2.24, 2.45) is 5.92 Å².